The van der Waals surface area contributed by atoms with E-state index in [-0.39, 0.29) is 5.91 Å². The van der Waals surface area contributed by atoms with E-state index in [9.17, 15) is 4.79 Å². The molecular weight excluding hydrogens is 262 g/mol. The molecule has 3 aromatic rings. The summed E-state index contributed by atoms with van der Waals surface area (Å²) in [5.41, 5.74) is 3.35. The fraction of sp³-hybridized carbons (Fsp3) is 0.176. The van der Waals surface area contributed by atoms with Crippen molar-refractivity contribution < 1.29 is 4.79 Å². The molecule has 106 valence electrons. The Bertz CT molecular complexity index is 776. The highest BCUT2D eigenvalue weighted by molar-refractivity contribution is 5.99. The van der Waals surface area contributed by atoms with Gasteiger partial charge in [-0.05, 0) is 36.6 Å². The van der Waals surface area contributed by atoms with Gasteiger partial charge in [-0.2, -0.15) is 5.10 Å². The highest BCUT2D eigenvalue weighted by atomic mass is 16.1. The largest absolute Gasteiger partial charge is 0.309 e. The van der Waals surface area contributed by atoms with Crippen LogP contribution < -0.4 is 5.32 Å². The average Bonchev–Trinajstić information content (AvgIpc) is 2.90. The van der Waals surface area contributed by atoms with Crippen LogP contribution in [0.2, 0.25) is 0 Å². The lowest BCUT2D eigenvalue weighted by Gasteiger charge is -2.05. The Morgan fingerprint density at radius 3 is 2.76 bits per heavy atom. The number of aromatic amines is 1. The number of aromatic nitrogens is 2. The lowest BCUT2D eigenvalue weighted by Crippen LogP contribution is -2.13. The number of hydrogen-bond acceptors (Lipinski definition) is 2. The first-order valence-electron chi connectivity index (χ1n) is 7.01. The molecule has 4 nitrogen and oxygen atoms in total. The van der Waals surface area contributed by atoms with Crippen LogP contribution in [-0.4, -0.2) is 16.1 Å². The molecule has 4 heteroatoms. The molecule has 0 spiro atoms. The van der Waals surface area contributed by atoms with E-state index in [0.29, 0.717) is 12.2 Å². The van der Waals surface area contributed by atoms with Gasteiger partial charge in [-0.15, -0.1) is 0 Å². The van der Waals surface area contributed by atoms with Crippen LogP contribution in [0.25, 0.3) is 10.9 Å². The topological polar surface area (TPSA) is 57.8 Å². The van der Waals surface area contributed by atoms with E-state index in [1.807, 2.05) is 36.4 Å². The third-order valence-electron chi connectivity index (χ3n) is 3.61. The smallest absolute Gasteiger partial charge is 0.225 e. The molecule has 0 aliphatic heterocycles. The standard InChI is InChI=1S/C17H17N3O/c1-12-6-2-3-7-13(12)10-11-16(21)18-17-14-8-4-5-9-15(14)19-20-17/h2-9H,10-11H2,1H3,(H2,18,19,20,21). The van der Waals surface area contributed by atoms with Crippen molar-refractivity contribution in [2.75, 3.05) is 5.32 Å². The average molecular weight is 279 g/mol. The Morgan fingerprint density at radius 2 is 1.90 bits per heavy atom. The molecule has 3 rings (SSSR count). The van der Waals surface area contributed by atoms with Gasteiger partial charge in [0.25, 0.3) is 0 Å². The maximum atomic E-state index is 12.1. The molecule has 1 aromatic heterocycles. The predicted octanol–water partition coefficient (Wildman–Crippen LogP) is 3.44. The van der Waals surface area contributed by atoms with Crippen molar-refractivity contribution in [2.24, 2.45) is 0 Å². The molecule has 0 aliphatic rings. The zero-order valence-electron chi connectivity index (χ0n) is 11.9. The quantitative estimate of drug-likeness (QED) is 0.768. The minimum Gasteiger partial charge on any atom is -0.309 e. The first-order chi connectivity index (χ1) is 10.2. The molecule has 0 saturated carbocycles. The molecule has 0 unspecified atom stereocenters. The van der Waals surface area contributed by atoms with Gasteiger partial charge in [0.2, 0.25) is 5.91 Å². The second-order valence-electron chi connectivity index (χ2n) is 5.09. The number of amides is 1. The molecule has 0 fully saturated rings. The van der Waals surface area contributed by atoms with Crippen molar-refractivity contribution in [3.05, 3.63) is 59.7 Å². The van der Waals surface area contributed by atoms with E-state index in [1.54, 1.807) is 0 Å². The van der Waals surface area contributed by atoms with E-state index in [1.165, 1.54) is 11.1 Å². The van der Waals surface area contributed by atoms with E-state index in [2.05, 4.69) is 34.6 Å². The molecule has 1 amide bonds. The van der Waals surface area contributed by atoms with Crippen LogP contribution in [0.3, 0.4) is 0 Å². The third-order valence-corrected chi connectivity index (χ3v) is 3.61. The lowest BCUT2D eigenvalue weighted by atomic mass is 10.0. The molecule has 0 bridgehead atoms. The van der Waals surface area contributed by atoms with E-state index in [0.717, 1.165) is 17.3 Å². The van der Waals surface area contributed by atoms with Crippen molar-refractivity contribution in [1.82, 2.24) is 10.2 Å². The summed E-state index contributed by atoms with van der Waals surface area (Å²) in [6, 6.07) is 15.9. The zero-order valence-corrected chi connectivity index (χ0v) is 11.9. The molecular formula is C17H17N3O. The Morgan fingerprint density at radius 1 is 1.14 bits per heavy atom. The summed E-state index contributed by atoms with van der Waals surface area (Å²) in [5.74, 6) is 0.580. The van der Waals surface area contributed by atoms with Crippen molar-refractivity contribution >= 4 is 22.6 Å². The Labute approximate surface area is 123 Å². The monoisotopic (exact) mass is 279 g/mol. The predicted molar refractivity (Wildman–Crippen MR) is 84.2 cm³/mol. The van der Waals surface area contributed by atoms with Crippen molar-refractivity contribution in [2.45, 2.75) is 19.8 Å². The van der Waals surface area contributed by atoms with Gasteiger partial charge in [0, 0.05) is 11.8 Å². The minimum absolute atomic E-state index is 0.0180. The number of carbonyl (C=O) groups excluding carboxylic acids is 1. The summed E-state index contributed by atoms with van der Waals surface area (Å²) >= 11 is 0. The highest BCUT2D eigenvalue weighted by Gasteiger charge is 2.09. The molecule has 0 aliphatic carbocycles. The van der Waals surface area contributed by atoms with Gasteiger partial charge >= 0.3 is 0 Å². The number of para-hydroxylation sites is 1. The molecule has 0 radical (unpaired) electrons. The van der Waals surface area contributed by atoms with Crippen molar-refractivity contribution in [3.8, 4) is 0 Å². The number of benzene rings is 2. The van der Waals surface area contributed by atoms with Gasteiger partial charge in [-0.1, -0.05) is 36.4 Å². The number of hydrogen-bond donors (Lipinski definition) is 2. The number of aryl methyl sites for hydroxylation is 2. The van der Waals surface area contributed by atoms with Crippen LogP contribution in [0.15, 0.2) is 48.5 Å². The number of nitrogens with zero attached hydrogens (tertiary/aromatic N) is 1. The third kappa shape index (κ3) is 2.94. The second-order valence-corrected chi connectivity index (χ2v) is 5.09. The summed E-state index contributed by atoms with van der Waals surface area (Å²) in [6.45, 7) is 2.06. The maximum Gasteiger partial charge on any atom is 0.225 e. The number of H-pyrrole nitrogens is 1. The van der Waals surface area contributed by atoms with Gasteiger partial charge < -0.3 is 5.32 Å². The van der Waals surface area contributed by atoms with Crippen LogP contribution in [0.5, 0.6) is 0 Å². The van der Waals surface area contributed by atoms with Crippen LogP contribution >= 0.6 is 0 Å². The Balaban J connectivity index is 1.66. The number of carbonyl (C=O) groups is 1. The second kappa shape index (κ2) is 5.79. The lowest BCUT2D eigenvalue weighted by molar-refractivity contribution is -0.116. The van der Waals surface area contributed by atoms with Crippen molar-refractivity contribution in [1.29, 1.82) is 0 Å². The SMILES string of the molecule is Cc1ccccc1CCC(=O)Nc1n[nH]c2ccccc12. The molecule has 2 aromatic carbocycles. The first kappa shape index (κ1) is 13.4. The van der Waals surface area contributed by atoms with Crippen LogP contribution in [0.4, 0.5) is 5.82 Å². The molecule has 21 heavy (non-hydrogen) atoms. The number of fused-ring (bicyclic) bond motifs is 1. The fourth-order valence-electron chi connectivity index (χ4n) is 2.39. The summed E-state index contributed by atoms with van der Waals surface area (Å²) in [5, 5.41) is 10.9. The Hall–Kier alpha value is -2.62. The minimum atomic E-state index is -0.0180. The molecule has 0 atom stereocenters. The molecule has 2 N–H and O–H groups in total. The van der Waals surface area contributed by atoms with Gasteiger partial charge in [0.05, 0.1) is 5.52 Å². The fourth-order valence-corrected chi connectivity index (χ4v) is 2.39. The maximum absolute atomic E-state index is 12.1. The summed E-state index contributed by atoms with van der Waals surface area (Å²) in [6.07, 6.45) is 1.19. The summed E-state index contributed by atoms with van der Waals surface area (Å²) in [7, 11) is 0. The number of rotatable bonds is 4. The molecule has 1 heterocycles. The first-order valence-corrected chi connectivity index (χ1v) is 7.01. The van der Waals surface area contributed by atoms with Gasteiger partial charge in [0.1, 0.15) is 0 Å². The summed E-state index contributed by atoms with van der Waals surface area (Å²) in [4.78, 5) is 12.1. The Kier molecular flexibility index (Phi) is 3.69. The number of nitrogens with one attached hydrogen (secondary N) is 2. The zero-order chi connectivity index (χ0) is 14.7. The molecule has 0 saturated heterocycles. The van der Waals surface area contributed by atoms with Crippen LogP contribution in [0, 0.1) is 6.92 Å². The van der Waals surface area contributed by atoms with E-state index in [4.69, 9.17) is 0 Å². The van der Waals surface area contributed by atoms with Crippen molar-refractivity contribution in [3.63, 3.8) is 0 Å². The van der Waals surface area contributed by atoms with E-state index < -0.39 is 0 Å². The normalized spacial score (nSPS) is 10.7. The number of anilines is 1. The van der Waals surface area contributed by atoms with Crippen LogP contribution in [0.1, 0.15) is 17.5 Å². The van der Waals surface area contributed by atoms with Gasteiger partial charge in [0.15, 0.2) is 5.82 Å². The van der Waals surface area contributed by atoms with Gasteiger partial charge in [-0.25, -0.2) is 0 Å². The van der Waals surface area contributed by atoms with Gasteiger partial charge in [-0.3, -0.25) is 9.89 Å². The van der Waals surface area contributed by atoms with E-state index >= 15 is 0 Å². The highest BCUT2D eigenvalue weighted by Crippen LogP contribution is 2.19. The van der Waals surface area contributed by atoms with Crippen LogP contribution in [-0.2, 0) is 11.2 Å². The summed E-state index contributed by atoms with van der Waals surface area (Å²) < 4.78 is 0.